The Morgan fingerprint density at radius 1 is 1.23 bits per heavy atom. The Kier molecular flexibility index (Phi) is 7.28. The van der Waals surface area contributed by atoms with Gasteiger partial charge in [0.25, 0.3) is 5.91 Å². The molecule has 1 aromatic heterocycles. The highest BCUT2D eigenvalue weighted by molar-refractivity contribution is 7.80. The average Bonchev–Trinajstić information content (AvgIpc) is 2.81. The van der Waals surface area contributed by atoms with Crippen LogP contribution in [-0.2, 0) is 0 Å². The van der Waals surface area contributed by atoms with Crippen LogP contribution in [0.1, 0.15) is 43.0 Å². The zero-order valence-electron chi connectivity index (χ0n) is 19.4. The second-order valence-corrected chi connectivity index (χ2v) is 9.59. The van der Waals surface area contributed by atoms with E-state index in [4.69, 9.17) is 39.0 Å². The van der Waals surface area contributed by atoms with Gasteiger partial charge in [-0.3, -0.25) is 9.78 Å². The van der Waals surface area contributed by atoms with Gasteiger partial charge in [0.15, 0.2) is 5.11 Å². The summed E-state index contributed by atoms with van der Waals surface area (Å²) >= 11 is 11.9. The molecule has 3 aromatic rings. The van der Waals surface area contributed by atoms with E-state index in [1.54, 1.807) is 49.5 Å². The van der Waals surface area contributed by atoms with E-state index in [0.29, 0.717) is 56.8 Å². The van der Waals surface area contributed by atoms with Crippen molar-refractivity contribution >= 4 is 51.4 Å². The van der Waals surface area contributed by atoms with Crippen molar-refractivity contribution in [1.82, 2.24) is 10.3 Å². The highest BCUT2D eigenvalue weighted by Gasteiger charge is 2.30. The number of benzene rings is 2. The lowest BCUT2D eigenvalue weighted by molar-refractivity contribution is 0.0997. The van der Waals surface area contributed by atoms with Crippen LogP contribution in [0.2, 0.25) is 5.02 Å². The predicted molar refractivity (Wildman–Crippen MR) is 139 cm³/mol. The lowest BCUT2D eigenvalue weighted by atomic mass is 9.85. The van der Waals surface area contributed by atoms with Crippen LogP contribution in [0.15, 0.2) is 42.6 Å². The first-order valence-corrected chi connectivity index (χ1v) is 11.9. The van der Waals surface area contributed by atoms with Crippen molar-refractivity contribution in [2.24, 2.45) is 5.73 Å². The fourth-order valence-electron chi connectivity index (χ4n) is 4.09. The summed E-state index contributed by atoms with van der Waals surface area (Å²) in [6.45, 7) is 1.64. The minimum Gasteiger partial charge on any atom is -0.496 e. The van der Waals surface area contributed by atoms with Gasteiger partial charge in [-0.2, -0.15) is 0 Å². The molecule has 0 saturated heterocycles. The predicted octanol–water partition coefficient (Wildman–Crippen LogP) is 5.75. The van der Waals surface area contributed by atoms with E-state index in [1.807, 2.05) is 0 Å². The van der Waals surface area contributed by atoms with Gasteiger partial charge in [-0.1, -0.05) is 11.6 Å². The number of anilines is 1. The maximum absolute atomic E-state index is 14.0. The molecule has 0 bridgehead atoms. The Morgan fingerprint density at radius 3 is 2.63 bits per heavy atom. The average molecular weight is 517 g/mol. The van der Waals surface area contributed by atoms with Crippen molar-refractivity contribution in [3.8, 4) is 17.2 Å². The van der Waals surface area contributed by atoms with Gasteiger partial charge < -0.3 is 25.8 Å². The molecular formula is C25H26ClFN4O3S. The number of thiocarbonyl (C=S) groups is 1. The molecule has 4 N–H and O–H groups in total. The molecule has 0 aliphatic heterocycles. The van der Waals surface area contributed by atoms with Crippen LogP contribution < -0.4 is 25.8 Å². The van der Waals surface area contributed by atoms with Crippen LogP contribution in [0.4, 0.5) is 10.1 Å². The van der Waals surface area contributed by atoms with E-state index in [1.165, 1.54) is 7.11 Å². The van der Waals surface area contributed by atoms with Crippen molar-refractivity contribution < 1.29 is 18.7 Å². The summed E-state index contributed by atoms with van der Waals surface area (Å²) in [4.78, 5) is 16.2. The van der Waals surface area contributed by atoms with E-state index in [9.17, 15) is 9.18 Å². The number of carbonyl (C=O) groups is 1. The summed E-state index contributed by atoms with van der Waals surface area (Å²) in [6, 6.07) is 10.2. The normalized spacial score (nSPS) is 19.7. The molecule has 1 aliphatic carbocycles. The maximum Gasteiger partial charge on any atom is 0.252 e. The number of rotatable bonds is 6. The molecule has 1 heterocycles. The number of nitrogens with one attached hydrogen (secondary N) is 2. The lowest BCUT2D eigenvalue weighted by Gasteiger charge is -2.32. The number of nitrogens with two attached hydrogens (primary N) is 1. The van der Waals surface area contributed by atoms with E-state index in [0.717, 1.165) is 12.8 Å². The van der Waals surface area contributed by atoms with Gasteiger partial charge in [0.1, 0.15) is 22.9 Å². The maximum atomic E-state index is 14.0. The molecular weight excluding hydrogens is 491 g/mol. The Hall–Kier alpha value is -3.17. The van der Waals surface area contributed by atoms with E-state index < -0.39 is 11.6 Å². The first-order chi connectivity index (χ1) is 16.6. The first-order valence-electron chi connectivity index (χ1n) is 11.2. The van der Waals surface area contributed by atoms with Crippen LogP contribution in [0.25, 0.3) is 10.9 Å². The molecule has 0 spiro atoms. The number of hydrogen-bond donors (Lipinski definition) is 3. The molecule has 184 valence electrons. The van der Waals surface area contributed by atoms with Gasteiger partial charge in [-0.15, -0.1) is 0 Å². The van der Waals surface area contributed by atoms with E-state index in [-0.39, 0.29) is 11.6 Å². The minimum absolute atomic E-state index is 0.129. The number of halogens is 2. The van der Waals surface area contributed by atoms with Crippen LogP contribution in [0, 0.1) is 0 Å². The topological polar surface area (TPSA) is 98.5 Å². The monoisotopic (exact) mass is 516 g/mol. The second kappa shape index (κ2) is 10.2. The van der Waals surface area contributed by atoms with Crippen molar-refractivity contribution in [2.45, 2.75) is 44.3 Å². The van der Waals surface area contributed by atoms with Crippen LogP contribution >= 0.6 is 23.8 Å². The van der Waals surface area contributed by atoms with Gasteiger partial charge in [-0.05, 0) is 69.1 Å². The quantitative estimate of drug-likeness (QED) is 0.359. The number of alkyl halides is 1. The van der Waals surface area contributed by atoms with Gasteiger partial charge in [0, 0.05) is 29.8 Å². The number of hydrogen-bond acceptors (Lipinski definition) is 5. The van der Waals surface area contributed by atoms with Gasteiger partial charge >= 0.3 is 0 Å². The molecule has 1 fully saturated rings. The second-order valence-electron chi connectivity index (χ2n) is 8.77. The highest BCUT2D eigenvalue weighted by Crippen LogP contribution is 2.35. The number of primary amides is 1. The zero-order chi connectivity index (χ0) is 25.2. The Bertz CT molecular complexity index is 1280. The molecule has 1 amide bonds. The third-order valence-electron chi connectivity index (χ3n) is 6.07. The van der Waals surface area contributed by atoms with E-state index >= 15 is 0 Å². The number of pyridine rings is 1. The highest BCUT2D eigenvalue weighted by atomic mass is 35.5. The summed E-state index contributed by atoms with van der Waals surface area (Å²) in [5, 5.41) is 7.77. The summed E-state index contributed by atoms with van der Waals surface area (Å²) in [5.74, 6) is 0.683. The number of nitrogens with zero attached hydrogens (tertiary/aromatic N) is 1. The van der Waals surface area contributed by atoms with Crippen LogP contribution in [-0.4, -0.2) is 34.8 Å². The molecule has 35 heavy (non-hydrogen) atoms. The van der Waals surface area contributed by atoms with E-state index in [2.05, 4.69) is 15.6 Å². The smallest absolute Gasteiger partial charge is 0.252 e. The molecule has 7 nitrogen and oxygen atoms in total. The summed E-state index contributed by atoms with van der Waals surface area (Å²) in [5.41, 5.74) is 5.82. The molecule has 1 aliphatic rings. The van der Waals surface area contributed by atoms with Crippen LogP contribution in [0.5, 0.6) is 17.2 Å². The first kappa shape index (κ1) is 24.9. The number of fused-ring (bicyclic) bond motifs is 1. The van der Waals surface area contributed by atoms with Crippen LogP contribution in [0.3, 0.4) is 0 Å². The minimum atomic E-state index is -1.10. The molecule has 0 radical (unpaired) electrons. The Labute approximate surface area is 213 Å². The fourth-order valence-corrected chi connectivity index (χ4v) is 4.59. The largest absolute Gasteiger partial charge is 0.496 e. The van der Waals surface area contributed by atoms with Crippen molar-refractivity contribution in [3.05, 3.63) is 53.2 Å². The van der Waals surface area contributed by atoms with Gasteiger partial charge in [-0.25, -0.2) is 4.39 Å². The third-order valence-corrected chi connectivity index (χ3v) is 6.60. The molecule has 0 unspecified atom stereocenters. The Balaban J connectivity index is 1.48. The van der Waals surface area contributed by atoms with Gasteiger partial charge in [0.2, 0.25) is 0 Å². The summed E-state index contributed by atoms with van der Waals surface area (Å²) in [7, 11) is 1.46. The van der Waals surface area contributed by atoms with Gasteiger partial charge in [0.05, 0.1) is 28.9 Å². The Morgan fingerprint density at radius 2 is 1.97 bits per heavy atom. The number of ether oxygens (including phenoxy) is 2. The SMILES string of the molecule is COc1cc2nccc(Oc3ccc(NC(=S)NC4CCC(C)(F)CC4)c(Cl)c3)c2cc1C(N)=O. The molecule has 4 rings (SSSR count). The number of amides is 1. The molecule has 2 aromatic carbocycles. The summed E-state index contributed by atoms with van der Waals surface area (Å²) < 4.78 is 25.3. The number of methoxy groups -OCH3 is 1. The fraction of sp³-hybridized carbons (Fsp3) is 0.320. The third kappa shape index (κ3) is 5.91. The van der Waals surface area contributed by atoms with Crippen molar-refractivity contribution in [3.63, 3.8) is 0 Å². The lowest BCUT2D eigenvalue weighted by Crippen LogP contribution is -2.42. The molecule has 10 heteroatoms. The standard InChI is InChI=1S/C25H26ClFN4O3S/c1-25(27)8-5-14(6-9-25)30-24(35)31-19-4-3-15(11-18(19)26)34-21-7-10-29-20-13-22(33-2)17(23(28)32)12-16(20)21/h3-4,7,10-14H,5-6,8-9H2,1-2H3,(H2,28,32)(H2,30,31,35). The summed E-state index contributed by atoms with van der Waals surface area (Å²) in [6.07, 6.45) is 4.06. The zero-order valence-corrected chi connectivity index (χ0v) is 20.9. The molecule has 1 saturated carbocycles. The van der Waals surface area contributed by atoms with Crippen molar-refractivity contribution in [1.29, 1.82) is 0 Å². The molecule has 0 atom stereocenters. The number of carbonyl (C=O) groups excluding carboxylic acids is 1. The number of aromatic nitrogens is 1. The van der Waals surface area contributed by atoms with Crippen molar-refractivity contribution in [2.75, 3.05) is 12.4 Å².